The highest BCUT2D eigenvalue weighted by Gasteiger charge is 2.28. The molecule has 0 bridgehead atoms. The van der Waals surface area contributed by atoms with E-state index in [1.54, 1.807) is 10.9 Å². The van der Waals surface area contributed by atoms with Crippen molar-refractivity contribution >= 4 is 18.0 Å². The van der Waals surface area contributed by atoms with E-state index in [-0.39, 0.29) is 18.6 Å². The van der Waals surface area contributed by atoms with Crippen molar-refractivity contribution in [1.82, 2.24) is 20.3 Å². The maximum Gasteiger partial charge on any atom is 0.331 e. The van der Waals surface area contributed by atoms with E-state index in [0.717, 1.165) is 18.4 Å². The molecule has 0 saturated heterocycles. The zero-order valence-electron chi connectivity index (χ0n) is 14.7. The fourth-order valence-electron chi connectivity index (χ4n) is 2.59. The first-order valence-corrected chi connectivity index (χ1v) is 8.68. The molecule has 7 heteroatoms. The predicted molar refractivity (Wildman–Crippen MR) is 95.9 cm³/mol. The summed E-state index contributed by atoms with van der Waals surface area (Å²) >= 11 is 0. The number of hydrogen-bond acceptors (Lipinski definition) is 5. The van der Waals surface area contributed by atoms with Crippen LogP contribution in [0.3, 0.4) is 0 Å². The Bertz CT molecular complexity index is 781. The third-order valence-electron chi connectivity index (χ3n) is 4.20. The van der Waals surface area contributed by atoms with Crippen LogP contribution in [-0.4, -0.2) is 39.5 Å². The van der Waals surface area contributed by atoms with Gasteiger partial charge in [0.05, 0.1) is 12.7 Å². The normalized spacial score (nSPS) is 15.0. The molecule has 3 rings (SSSR count). The first-order chi connectivity index (χ1) is 12.6. The van der Waals surface area contributed by atoms with Crippen LogP contribution in [0.1, 0.15) is 31.0 Å². The van der Waals surface area contributed by atoms with Gasteiger partial charge in [0.25, 0.3) is 5.91 Å². The largest absolute Gasteiger partial charge is 0.452 e. The molecule has 1 aromatic carbocycles. The van der Waals surface area contributed by atoms with Gasteiger partial charge in [-0.05, 0) is 37.3 Å². The summed E-state index contributed by atoms with van der Waals surface area (Å²) in [5.41, 5.74) is 1.66. The molecule has 1 aliphatic rings. The van der Waals surface area contributed by atoms with E-state index in [0.29, 0.717) is 18.2 Å². The zero-order chi connectivity index (χ0) is 18.4. The Kier molecular flexibility index (Phi) is 5.78. The molecule has 0 spiro atoms. The molecule has 1 atom stereocenters. The molecule has 1 aliphatic carbocycles. The maximum atomic E-state index is 11.7. The molecule has 0 unspecified atom stereocenters. The second-order valence-corrected chi connectivity index (χ2v) is 6.46. The molecule has 1 saturated carbocycles. The molecular weight excluding hydrogens is 332 g/mol. The van der Waals surface area contributed by atoms with Gasteiger partial charge < -0.3 is 10.1 Å². The third kappa shape index (κ3) is 5.54. The van der Waals surface area contributed by atoms with E-state index in [9.17, 15) is 9.59 Å². The number of carbonyl (C=O) groups excluding carboxylic acids is 2. The van der Waals surface area contributed by atoms with Crippen LogP contribution in [0.4, 0.5) is 0 Å². The monoisotopic (exact) mass is 354 g/mol. The van der Waals surface area contributed by atoms with Crippen LogP contribution in [0, 0.1) is 5.92 Å². The minimum absolute atomic E-state index is 0.136. The number of amides is 1. The molecular formula is C19H22N4O3. The van der Waals surface area contributed by atoms with Crippen molar-refractivity contribution < 1.29 is 14.3 Å². The average molecular weight is 354 g/mol. The number of nitrogens with one attached hydrogen (secondary N) is 1. The van der Waals surface area contributed by atoms with Crippen molar-refractivity contribution in [2.45, 2.75) is 32.4 Å². The van der Waals surface area contributed by atoms with Crippen LogP contribution in [0.2, 0.25) is 0 Å². The van der Waals surface area contributed by atoms with Gasteiger partial charge in [0.1, 0.15) is 5.69 Å². The van der Waals surface area contributed by atoms with Crippen molar-refractivity contribution in [3.63, 3.8) is 0 Å². The number of rotatable bonds is 8. The molecule has 1 fully saturated rings. The van der Waals surface area contributed by atoms with E-state index in [1.165, 1.54) is 12.2 Å². The first-order valence-electron chi connectivity index (χ1n) is 8.68. The van der Waals surface area contributed by atoms with Crippen molar-refractivity contribution in [1.29, 1.82) is 0 Å². The van der Waals surface area contributed by atoms with Gasteiger partial charge in [-0.1, -0.05) is 35.5 Å². The van der Waals surface area contributed by atoms with E-state index in [2.05, 4.69) is 15.6 Å². The fourth-order valence-corrected chi connectivity index (χ4v) is 2.59. The summed E-state index contributed by atoms with van der Waals surface area (Å²) in [6, 6.07) is 10.0. The van der Waals surface area contributed by atoms with Crippen molar-refractivity contribution in [2.24, 2.45) is 5.92 Å². The second-order valence-electron chi connectivity index (χ2n) is 6.46. The Morgan fingerprint density at radius 2 is 2.12 bits per heavy atom. The third-order valence-corrected chi connectivity index (χ3v) is 4.20. The van der Waals surface area contributed by atoms with Crippen LogP contribution in [0.15, 0.2) is 42.6 Å². The summed E-state index contributed by atoms with van der Waals surface area (Å²) in [5, 5.41) is 10.8. The molecule has 1 N–H and O–H groups in total. The molecule has 1 heterocycles. The standard InChI is InChI=1S/C19H22N4O3/c1-14(16-7-8-16)20-18(24)13-26-19(25)10-9-17-12-23(22-21-17)11-15-5-3-2-4-6-15/h2-6,9-10,12,14,16H,7-8,11,13H2,1H3,(H,20,24)/b10-9+/t14-/m0/s1. The van der Waals surface area contributed by atoms with Crippen LogP contribution in [0.25, 0.3) is 6.08 Å². The van der Waals surface area contributed by atoms with Crippen molar-refractivity contribution in [3.8, 4) is 0 Å². The average Bonchev–Trinajstić information content (AvgIpc) is 3.40. The molecule has 2 aromatic rings. The smallest absolute Gasteiger partial charge is 0.331 e. The molecule has 0 aliphatic heterocycles. The topological polar surface area (TPSA) is 86.1 Å². The lowest BCUT2D eigenvalue weighted by Crippen LogP contribution is -2.36. The summed E-state index contributed by atoms with van der Waals surface area (Å²) < 4.78 is 6.62. The molecule has 136 valence electrons. The highest BCUT2D eigenvalue weighted by molar-refractivity contribution is 5.89. The maximum absolute atomic E-state index is 11.7. The lowest BCUT2D eigenvalue weighted by atomic mass is 10.2. The van der Waals surface area contributed by atoms with Crippen LogP contribution < -0.4 is 5.32 Å². The van der Waals surface area contributed by atoms with Gasteiger partial charge in [0.15, 0.2) is 6.61 Å². The number of nitrogens with zero attached hydrogens (tertiary/aromatic N) is 3. The van der Waals surface area contributed by atoms with Gasteiger partial charge in [-0.25, -0.2) is 9.48 Å². The number of esters is 1. The quantitative estimate of drug-likeness (QED) is 0.577. The zero-order valence-corrected chi connectivity index (χ0v) is 14.7. The summed E-state index contributed by atoms with van der Waals surface area (Å²) in [7, 11) is 0. The van der Waals surface area contributed by atoms with Gasteiger partial charge in [-0.3, -0.25) is 4.79 Å². The van der Waals surface area contributed by atoms with Gasteiger partial charge in [0.2, 0.25) is 0 Å². The fraction of sp³-hybridized carbons (Fsp3) is 0.368. The van der Waals surface area contributed by atoms with E-state index < -0.39 is 5.97 Å². The number of ether oxygens (including phenoxy) is 1. The highest BCUT2D eigenvalue weighted by Crippen LogP contribution is 2.32. The number of aromatic nitrogens is 3. The Morgan fingerprint density at radius 3 is 2.85 bits per heavy atom. The van der Waals surface area contributed by atoms with E-state index in [1.807, 2.05) is 37.3 Å². The summed E-state index contributed by atoms with van der Waals surface area (Å²) in [6.07, 6.45) is 6.79. The van der Waals surface area contributed by atoms with E-state index in [4.69, 9.17) is 4.74 Å². The minimum Gasteiger partial charge on any atom is -0.452 e. The lowest BCUT2D eigenvalue weighted by molar-refractivity contribution is -0.144. The van der Waals surface area contributed by atoms with Gasteiger partial charge in [-0.2, -0.15) is 0 Å². The Balaban J connectivity index is 1.42. The number of carbonyl (C=O) groups is 2. The van der Waals surface area contributed by atoms with Gasteiger partial charge >= 0.3 is 5.97 Å². The van der Waals surface area contributed by atoms with E-state index >= 15 is 0 Å². The molecule has 26 heavy (non-hydrogen) atoms. The number of hydrogen-bond donors (Lipinski definition) is 1. The molecule has 1 amide bonds. The van der Waals surface area contributed by atoms with Crippen LogP contribution in [-0.2, 0) is 20.9 Å². The minimum atomic E-state index is -0.586. The highest BCUT2D eigenvalue weighted by atomic mass is 16.5. The van der Waals surface area contributed by atoms with Crippen LogP contribution in [0.5, 0.6) is 0 Å². The first kappa shape index (κ1) is 17.8. The van der Waals surface area contributed by atoms with Crippen molar-refractivity contribution in [2.75, 3.05) is 6.61 Å². The second kappa shape index (κ2) is 8.42. The van der Waals surface area contributed by atoms with Gasteiger partial charge in [0, 0.05) is 12.1 Å². The molecule has 1 aromatic heterocycles. The summed E-state index contributed by atoms with van der Waals surface area (Å²) in [6.45, 7) is 2.29. The number of benzene rings is 1. The molecule has 7 nitrogen and oxygen atoms in total. The Labute approximate surface area is 152 Å². The Hall–Kier alpha value is -2.96. The molecule has 0 radical (unpaired) electrons. The van der Waals surface area contributed by atoms with Gasteiger partial charge in [-0.15, -0.1) is 5.10 Å². The predicted octanol–water partition coefficient (Wildman–Crippen LogP) is 1.80. The summed E-state index contributed by atoms with van der Waals surface area (Å²) in [5.74, 6) is -0.301. The summed E-state index contributed by atoms with van der Waals surface area (Å²) in [4.78, 5) is 23.4. The SMILES string of the molecule is C[C@H](NC(=O)COC(=O)/C=C/c1cn(Cc2ccccc2)nn1)C1CC1. The van der Waals surface area contributed by atoms with Crippen LogP contribution >= 0.6 is 0 Å². The lowest BCUT2D eigenvalue weighted by Gasteiger charge is -2.12. The Morgan fingerprint density at radius 1 is 1.35 bits per heavy atom. The van der Waals surface area contributed by atoms with Crippen molar-refractivity contribution in [3.05, 3.63) is 53.9 Å².